The molecule has 0 saturated carbocycles. The first kappa shape index (κ1) is 37.6. The lowest BCUT2D eigenvalue weighted by atomic mass is 9.90. The molecule has 290 valence electrons. The van der Waals surface area contributed by atoms with E-state index in [1.54, 1.807) is 0 Å². The van der Waals surface area contributed by atoms with E-state index in [4.69, 9.17) is 42.1 Å². The van der Waals surface area contributed by atoms with E-state index < -0.39 is 0 Å². The normalized spacial score (nSPS) is 12.4. The van der Waals surface area contributed by atoms with Gasteiger partial charge in [0, 0.05) is 44.7 Å². The lowest BCUT2D eigenvalue weighted by Crippen LogP contribution is -2.08. The van der Waals surface area contributed by atoms with Gasteiger partial charge in [-0.25, -0.2) is 29.9 Å². The van der Waals surface area contributed by atoms with Gasteiger partial charge in [-0.1, -0.05) is 193 Å². The lowest BCUT2D eigenvalue weighted by molar-refractivity contribution is 1.04. The van der Waals surface area contributed by atoms with Crippen molar-refractivity contribution in [2.24, 2.45) is 0 Å². The molecule has 0 bridgehead atoms. The van der Waals surface area contributed by atoms with Gasteiger partial charge < -0.3 is 0 Å². The van der Waals surface area contributed by atoms with Gasteiger partial charge in [-0.3, -0.25) is 0 Å². The largest absolute Gasteiger partial charge is 0.208 e. The Morgan fingerprint density at radius 1 is 0.393 bits per heavy atom. The minimum absolute atomic E-state index is 0.577. The number of aryl methyl sites for hydroxylation is 2. The molecule has 2 aromatic heterocycles. The van der Waals surface area contributed by atoms with Crippen LogP contribution in [0.4, 0.5) is 0 Å². The highest BCUT2D eigenvalue weighted by Gasteiger charge is 2.19. The van der Waals surface area contributed by atoms with Crippen LogP contribution in [0.25, 0.3) is 95.5 Å². The van der Waals surface area contributed by atoms with Crippen molar-refractivity contribution in [1.29, 1.82) is 0 Å². The van der Waals surface area contributed by atoms with Crippen molar-refractivity contribution in [3.63, 3.8) is 0 Å². The first-order valence-electron chi connectivity index (χ1n) is 20.3. The van der Waals surface area contributed by atoms with Crippen LogP contribution in [0.3, 0.4) is 0 Å². The van der Waals surface area contributed by atoms with Crippen LogP contribution in [-0.2, 0) is 0 Å². The zero-order valence-electron chi connectivity index (χ0n) is 33.6. The Bertz CT molecular complexity index is 3180. The third-order valence-corrected chi connectivity index (χ3v) is 11.3. The summed E-state index contributed by atoms with van der Waals surface area (Å²) in [6.07, 6.45) is 6.76. The monoisotopic (exact) mass is 802 g/mol. The van der Waals surface area contributed by atoms with Gasteiger partial charge in [-0.05, 0) is 59.0 Å². The maximum atomic E-state index is 5.79. The average molecular weight is 803 g/mol. The molecule has 0 atom stereocenters. The van der Waals surface area contributed by atoms with Crippen molar-refractivity contribution in [3.05, 3.63) is 199 Å². The fraction of sp³-hybridized carbons (Fsp3) is 0.0556. The van der Waals surface area contributed by atoms with Gasteiger partial charge >= 0.3 is 0 Å². The molecule has 1 aliphatic carbocycles. The van der Waals surface area contributed by atoms with E-state index in [0.717, 1.165) is 71.3 Å². The van der Waals surface area contributed by atoms with E-state index in [2.05, 4.69) is 153 Å². The smallest absolute Gasteiger partial charge is 0.165 e. The Labute approximate surface area is 360 Å². The van der Waals surface area contributed by atoms with Crippen LogP contribution in [0, 0.1) is 13.8 Å². The second-order valence-corrected chi connectivity index (χ2v) is 15.7. The van der Waals surface area contributed by atoms with E-state index in [-0.39, 0.29) is 0 Å². The van der Waals surface area contributed by atoms with Crippen LogP contribution in [0.5, 0.6) is 0 Å². The number of rotatable bonds is 8. The molecule has 61 heavy (non-hydrogen) atoms. The van der Waals surface area contributed by atoms with Crippen molar-refractivity contribution in [2.45, 2.75) is 20.3 Å². The van der Waals surface area contributed by atoms with Crippen LogP contribution in [0.2, 0.25) is 0 Å². The first-order valence-corrected chi connectivity index (χ1v) is 20.7. The fourth-order valence-electron chi connectivity index (χ4n) is 7.73. The molecule has 0 unspecified atom stereocenters. The molecule has 7 heteroatoms. The van der Waals surface area contributed by atoms with Gasteiger partial charge in [0.2, 0.25) is 0 Å². The topological polar surface area (TPSA) is 77.3 Å². The Hall–Kier alpha value is -7.61. The summed E-state index contributed by atoms with van der Waals surface area (Å²) in [6, 6.07) is 56.6. The predicted octanol–water partition coefficient (Wildman–Crippen LogP) is 13.2. The quantitative estimate of drug-likeness (QED) is 0.142. The summed E-state index contributed by atoms with van der Waals surface area (Å²) in [6.45, 7) is 4.16. The molecule has 0 saturated heterocycles. The number of aromatic nitrogens is 6. The van der Waals surface area contributed by atoms with E-state index >= 15 is 0 Å². The summed E-state index contributed by atoms with van der Waals surface area (Å²) in [7, 11) is 0. The summed E-state index contributed by atoms with van der Waals surface area (Å²) in [5.41, 5.74) is 12.1. The van der Waals surface area contributed by atoms with Gasteiger partial charge in [0.25, 0.3) is 0 Å². The predicted molar refractivity (Wildman–Crippen MR) is 253 cm³/mol. The van der Waals surface area contributed by atoms with Crippen molar-refractivity contribution in [1.82, 2.24) is 29.9 Å². The molecule has 6 nitrogen and oxygen atoms in total. The molecule has 0 spiro atoms. The van der Waals surface area contributed by atoms with Crippen molar-refractivity contribution >= 4 is 33.4 Å². The van der Waals surface area contributed by atoms with E-state index in [1.165, 1.54) is 11.1 Å². The SMILES string of the molecule is Cc1ccc(-c2nc(C3=CC=CCC3=S)nc(-c3cccc(-c4cccc5cccc(-c6cccc(-c7nc(-c8ccccc8)nc(-c8ccc(C)cc8)n7)c6)c45)c3)n2)cc1. The highest BCUT2D eigenvalue weighted by atomic mass is 32.1. The highest BCUT2D eigenvalue weighted by Crippen LogP contribution is 2.39. The molecule has 9 aromatic rings. The number of thiocarbonyl (C=S) groups is 1. The zero-order chi connectivity index (χ0) is 41.3. The molecule has 0 amide bonds. The number of nitrogens with zero attached hydrogens (tertiary/aromatic N) is 6. The van der Waals surface area contributed by atoms with Crippen molar-refractivity contribution in [2.75, 3.05) is 0 Å². The number of allylic oxidation sites excluding steroid dienone is 4. The Balaban J connectivity index is 1.08. The Morgan fingerprint density at radius 3 is 1.30 bits per heavy atom. The molecule has 10 rings (SSSR count). The van der Waals surface area contributed by atoms with Crippen LogP contribution in [0.15, 0.2) is 182 Å². The molecular formula is C54H38N6S. The average Bonchev–Trinajstić information content (AvgIpc) is 3.32. The number of hydrogen-bond donors (Lipinski definition) is 0. The van der Waals surface area contributed by atoms with Crippen LogP contribution in [-0.4, -0.2) is 34.8 Å². The third kappa shape index (κ3) is 7.71. The maximum Gasteiger partial charge on any atom is 0.165 e. The van der Waals surface area contributed by atoms with Crippen molar-refractivity contribution < 1.29 is 0 Å². The minimum Gasteiger partial charge on any atom is -0.208 e. The van der Waals surface area contributed by atoms with E-state index in [0.29, 0.717) is 41.4 Å². The summed E-state index contributed by atoms with van der Waals surface area (Å²) in [5, 5.41) is 2.27. The standard InChI is InChI=1S/C54H38N6S/c1-34-24-28-38(29-25-34)50-55-49(37-12-4-3-5-13-37)56-52(57-50)42-18-8-16-40(32-42)44-21-10-14-36-15-11-22-45(48(36)44)41-17-9-19-43(33-41)53-58-51(39-30-26-35(2)27-31-39)59-54(60-53)46-20-6-7-23-47(46)61/h3-22,24-33H,23H2,1-2H3. The second kappa shape index (κ2) is 16.2. The molecule has 0 radical (unpaired) electrons. The molecule has 0 N–H and O–H groups in total. The summed E-state index contributed by atoms with van der Waals surface area (Å²) in [5.74, 6) is 3.65. The molecular weight excluding hydrogens is 765 g/mol. The molecule has 1 aliphatic rings. The molecule has 0 fully saturated rings. The lowest BCUT2D eigenvalue weighted by Gasteiger charge is -2.15. The summed E-state index contributed by atoms with van der Waals surface area (Å²) in [4.78, 5) is 30.9. The van der Waals surface area contributed by atoms with Crippen molar-refractivity contribution in [3.8, 4) is 79.2 Å². The molecule has 0 aliphatic heterocycles. The molecule has 7 aromatic carbocycles. The van der Waals surface area contributed by atoms with Gasteiger partial charge in [0.05, 0.1) is 0 Å². The van der Waals surface area contributed by atoms with Crippen LogP contribution < -0.4 is 0 Å². The van der Waals surface area contributed by atoms with Gasteiger partial charge in [-0.2, -0.15) is 0 Å². The molecule has 2 heterocycles. The third-order valence-electron chi connectivity index (χ3n) is 10.9. The van der Waals surface area contributed by atoms with Gasteiger partial charge in [0.1, 0.15) is 0 Å². The number of benzene rings is 7. The minimum atomic E-state index is 0.577. The second-order valence-electron chi connectivity index (χ2n) is 15.2. The highest BCUT2D eigenvalue weighted by molar-refractivity contribution is 7.81. The van der Waals surface area contributed by atoms with Gasteiger partial charge in [0.15, 0.2) is 34.9 Å². The van der Waals surface area contributed by atoms with E-state index in [9.17, 15) is 0 Å². The van der Waals surface area contributed by atoms with Crippen LogP contribution >= 0.6 is 12.2 Å². The first-order chi connectivity index (χ1) is 29.9. The van der Waals surface area contributed by atoms with Gasteiger partial charge in [-0.15, -0.1) is 0 Å². The summed E-state index contributed by atoms with van der Waals surface area (Å²) < 4.78 is 0. The number of hydrogen-bond acceptors (Lipinski definition) is 7. The zero-order valence-corrected chi connectivity index (χ0v) is 34.4. The van der Waals surface area contributed by atoms with Crippen LogP contribution in [0.1, 0.15) is 23.4 Å². The van der Waals surface area contributed by atoms with E-state index in [1.807, 2.05) is 42.5 Å². The summed E-state index contributed by atoms with van der Waals surface area (Å²) >= 11 is 5.79. The Morgan fingerprint density at radius 2 is 0.803 bits per heavy atom. The maximum absolute atomic E-state index is 5.79. The number of fused-ring (bicyclic) bond motifs is 1. The fourth-order valence-corrected chi connectivity index (χ4v) is 7.98. The Kier molecular flexibility index (Phi) is 10.0.